The third-order valence-electron chi connectivity index (χ3n) is 1.83. The van der Waals surface area contributed by atoms with Gasteiger partial charge in [0, 0.05) is 26.4 Å². The number of aliphatic carboxylic acids is 1. The molecule has 0 aromatic carbocycles. The highest BCUT2D eigenvalue weighted by molar-refractivity contribution is 5.76. The highest BCUT2D eigenvalue weighted by Gasteiger charge is 2.18. The third kappa shape index (κ3) is 7.93. The molecular weight excluding hydrogens is 198 g/mol. The molecule has 0 aliphatic heterocycles. The zero-order chi connectivity index (χ0) is 12.1. The number of carbonyl (C=O) groups excluding carboxylic acids is 1. The highest BCUT2D eigenvalue weighted by Crippen LogP contribution is 2.06. The minimum Gasteiger partial charge on any atom is -0.481 e. The summed E-state index contributed by atoms with van der Waals surface area (Å²) in [7, 11) is 1.60. The van der Waals surface area contributed by atoms with Crippen molar-refractivity contribution in [2.75, 3.05) is 13.6 Å². The number of carboxylic acids is 1. The molecule has 15 heavy (non-hydrogen) atoms. The van der Waals surface area contributed by atoms with Crippen molar-refractivity contribution < 1.29 is 19.8 Å². The SMILES string of the molecule is CN(CC(C)(C)O)C(=O)CCCC(=O)O. The summed E-state index contributed by atoms with van der Waals surface area (Å²) in [5, 5.41) is 17.8. The van der Waals surface area contributed by atoms with Gasteiger partial charge in [-0.15, -0.1) is 0 Å². The smallest absolute Gasteiger partial charge is 0.303 e. The molecule has 0 saturated carbocycles. The van der Waals surface area contributed by atoms with Crippen molar-refractivity contribution in [1.82, 2.24) is 4.90 Å². The van der Waals surface area contributed by atoms with Gasteiger partial charge in [0.05, 0.1) is 5.60 Å². The maximum absolute atomic E-state index is 11.4. The maximum Gasteiger partial charge on any atom is 0.303 e. The molecule has 0 spiro atoms. The fraction of sp³-hybridized carbons (Fsp3) is 0.800. The number of likely N-dealkylation sites (N-methyl/N-ethyl adjacent to an activating group) is 1. The van der Waals surface area contributed by atoms with Gasteiger partial charge in [0.2, 0.25) is 5.91 Å². The zero-order valence-corrected chi connectivity index (χ0v) is 9.49. The first kappa shape index (κ1) is 13.9. The number of rotatable bonds is 6. The van der Waals surface area contributed by atoms with E-state index in [9.17, 15) is 14.7 Å². The lowest BCUT2D eigenvalue weighted by Crippen LogP contribution is -2.39. The van der Waals surface area contributed by atoms with E-state index in [1.165, 1.54) is 4.90 Å². The van der Waals surface area contributed by atoms with Gasteiger partial charge in [-0.1, -0.05) is 0 Å². The van der Waals surface area contributed by atoms with Gasteiger partial charge in [0.15, 0.2) is 0 Å². The van der Waals surface area contributed by atoms with E-state index in [-0.39, 0.29) is 25.3 Å². The van der Waals surface area contributed by atoms with Crippen molar-refractivity contribution in [2.24, 2.45) is 0 Å². The van der Waals surface area contributed by atoms with Crippen LogP contribution in [0, 0.1) is 0 Å². The second-order valence-corrected chi connectivity index (χ2v) is 4.31. The normalized spacial score (nSPS) is 11.2. The summed E-state index contributed by atoms with van der Waals surface area (Å²) >= 11 is 0. The highest BCUT2D eigenvalue weighted by atomic mass is 16.4. The maximum atomic E-state index is 11.4. The largest absolute Gasteiger partial charge is 0.481 e. The molecule has 2 N–H and O–H groups in total. The Morgan fingerprint density at radius 2 is 1.80 bits per heavy atom. The van der Waals surface area contributed by atoms with E-state index in [1.54, 1.807) is 20.9 Å². The Labute approximate surface area is 89.7 Å². The van der Waals surface area contributed by atoms with Crippen LogP contribution in [0.25, 0.3) is 0 Å². The second-order valence-electron chi connectivity index (χ2n) is 4.31. The van der Waals surface area contributed by atoms with Crippen LogP contribution in [-0.4, -0.2) is 46.2 Å². The Kier molecular flexibility index (Phi) is 5.28. The Balaban J connectivity index is 3.85. The lowest BCUT2D eigenvalue weighted by atomic mass is 10.1. The Hall–Kier alpha value is -1.10. The first-order chi connectivity index (χ1) is 6.72. The number of amides is 1. The molecule has 0 fully saturated rings. The molecule has 0 heterocycles. The van der Waals surface area contributed by atoms with Gasteiger partial charge >= 0.3 is 5.97 Å². The number of nitrogens with zero attached hydrogens (tertiary/aromatic N) is 1. The molecular formula is C10H19NO4. The van der Waals surface area contributed by atoms with Gasteiger partial charge in [0.1, 0.15) is 0 Å². The summed E-state index contributed by atoms with van der Waals surface area (Å²) in [6.07, 6.45) is 0.547. The lowest BCUT2D eigenvalue weighted by molar-refractivity contribution is -0.137. The molecule has 0 aromatic rings. The Morgan fingerprint density at radius 3 is 2.20 bits per heavy atom. The summed E-state index contributed by atoms with van der Waals surface area (Å²) in [6, 6.07) is 0. The predicted molar refractivity (Wildman–Crippen MR) is 55.4 cm³/mol. The molecule has 1 amide bonds. The molecule has 88 valence electrons. The van der Waals surface area contributed by atoms with E-state index in [1.807, 2.05) is 0 Å². The van der Waals surface area contributed by atoms with E-state index in [0.29, 0.717) is 6.42 Å². The third-order valence-corrected chi connectivity index (χ3v) is 1.83. The standard InChI is InChI=1S/C10H19NO4/c1-10(2,15)7-11(3)8(12)5-4-6-9(13)14/h15H,4-7H2,1-3H3,(H,13,14). The summed E-state index contributed by atoms with van der Waals surface area (Å²) in [5.41, 5.74) is -0.919. The molecule has 0 rings (SSSR count). The molecule has 0 saturated heterocycles. The van der Waals surface area contributed by atoms with Crippen molar-refractivity contribution >= 4 is 11.9 Å². The molecule has 0 aromatic heterocycles. The minimum atomic E-state index is -0.919. The first-order valence-electron chi connectivity index (χ1n) is 4.90. The molecule has 0 atom stereocenters. The van der Waals surface area contributed by atoms with Crippen LogP contribution in [0.2, 0.25) is 0 Å². The van der Waals surface area contributed by atoms with Crippen LogP contribution < -0.4 is 0 Å². The van der Waals surface area contributed by atoms with Crippen molar-refractivity contribution in [2.45, 2.75) is 38.7 Å². The number of carbonyl (C=O) groups is 2. The average molecular weight is 217 g/mol. The predicted octanol–water partition coefficient (Wildman–Crippen LogP) is 0.471. The van der Waals surface area contributed by atoms with Gasteiger partial charge in [-0.05, 0) is 20.3 Å². The van der Waals surface area contributed by atoms with Gasteiger partial charge in [-0.25, -0.2) is 0 Å². The molecule has 5 heteroatoms. The van der Waals surface area contributed by atoms with E-state index < -0.39 is 11.6 Å². The van der Waals surface area contributed by atoms with Gasteiger partial charge in [0.25, 0.3) is 0 Å². The number of hydrogen-bond donors (Lipinski definition) is 2. The molecule has 0 aliphatic rings. The van der Waals surface area contributed by atoms with Crippen LogP contribution in [0.1, 0.15) is 33.1 Å². The van der Waals surface area contributed by atoms with Crippen LogP contribution >= 0.6 is 0 Å². The van der Waals surface area contributed by atoms with Crippen LogP contribution in [0.15, 0.2) is 0 Å². The fourth-order valence-electron chi connectivity index (χ4n) is 1.25. The zero-order valence-electron chi connectivity index (χ0n) is 9.49. The topological polar surface area (TPSA) is 77.8 Å². The molecule has 0 radical (unpaired) electrons. The Bertz CT molecular complexity index is 232. The minimum absolute atomic E-state index is 0.00208. The number of hydrogen-bond acceptors (Lipinski definition) is 3. The van der Waals surface area contributed by atoms with Gasteiger partial charge < -0.3 is 15.1 Å². The molecule has 0 unspecified atom stereocenters. The van der Waals surface area contributed by atoms with Crippen LogP contribution in [0.4, 0.5) is 0 Å². The van der Waals surface area contributed by atoms with Crippen molar-refractivity contribution in [3.63, 3.8) is 0 Å². The molecule has 0 aliphatic carbocycles. The summed E-state index contributed by atoms with van der Waals surface area (Å²) in [4.78, 5) is 23.1. The monoisotopic (exact) mass is 217 g/mol. The first-order valence-corrected chi connectivity index (χ1v) is 4.90. The van der Waals surface area contributed by atoms with E-state index in [2.05, 4.69) is 0 Å². The van der Waals surface area contributed by atoms with Crippen LogP contribution in [0.3, 0.4) is 0 Å². The Morgan fingerprint density at radius 1 is 1.27 bits per heavy atom. The van der Waals surface area contributed by atoms with Crippen LogP contribution in [0.5, 0.6) is 0 Å². The van der Waals surface area contributed by atoms with Crippen molar-refractivity contribution in [3.05, 3.63) is 0 Å². The summed E-state index contributed by atoms with van der Waals surface area (Å²) in [6.45, 7) is 3.49. The fourth-order valence-corrected chi connectivity index (χ4v) is 1.25. The van der Waals surface area contributed by atoms with E-state index in [0.717, 1.165) is 0 Å². The summed E-state index contributed by atoms with van der Waals surface area (Å²) < 4.78 is 0. The number of carboxylic acid groups (broad SMARTS) is 1. The summed E-state index contributed by atoms with van der Waals surface area (Å²) in [5.74, 6) is -1.04. The van der Waals surface area contributed by atoms with E-state index in [4.69, 9.17) is 5.11 Å². The second kappa shape index (κ2) is 5.70. The van der Waals surface area contributed by atoms with Gasteiger partial charge in [-0.2, -0.15) is 0 Å². The lowest BCUT2D eigenvalue weighted by Gasteiger charge is -2.25. The molecule has 5 nitrogen and oxygen atoms in total. The van der Waals surface area contributed by atoms with Gasteiger partial charge in [-0.3, -0.25) is 9.59 Å². The quantitative estimate of drug-likeness (QED) is 0.678. The van der Waals surface area contributed by atoms with Crippen molar-refractivity contribution in [3.8, 4) is 0 Å². The van der Waals surface area contributed by atoms with E-state index >= 15 is 0 Å². The van der Waals surface area contributed by atoms with Crippen molar-refractivity contribution in [1.29, 1.82) is 0 Å². The number of aliphatic hydroxyl groups is 1. The van der Waals surface area contributed by atoms with Crippen LogP contribution in [-0.2, 0) is 9.59 Å². The molecule has 0 bridgehead atoms. The average Bonchev–Trinajstić information content (AvgIpc) is 1.99.